The van der Waals surface area contributed by atoms with E-state index in [0.29, 0.717) is 5.69 Å². The van der Waals surface area contributed by atoms with Gasteiger partial charge in [-0.05, 0) is 55.6 Å². The average molecular weight is 489 g/mol. The zero-order valence-electron chi connectivity index (χ0n) is 18.3. The Morgan fingerprint density at radius 3 is 2.45 bits per heavy atom. The van der Waals surface area contributed by atoms with Gasteiger partial charge < -0.3 is 14.8 Å². The van der Waals surface area contributed by atoms with E-state index >= 15 is 0 Å². The number of aryl methyl sites for hydroxylation is 1. The Morgan fingerprint density at radius 2 is 1.82 bits per heavy atom. The number of benzene rings is 2. The van der Waals surface area contributed by atoms with E-state index in [0.717, 1.165) is 16.5 Å². The summed E-state index contributed by atoms with van der Waals surface area (Å²) in [5, 5.41) is 4.65. The highest BCUT2D eigenvalue weighted by atomic mass is 32.2. The first kappa shape index (κ1) is 24.3. The molecule has 3 rings (SSSR count). The molecule has 3 aromatic rings. The van der Waals surface area contributed by atoms with Crippen LogP contribution in [0.4, 0.5) is 5.69 Å². The van der Waals surface area contributed by atoms with E-state index in [4.69, 9.17) is 9.47 Å². The van der Waals surface area contributed by atoms with Crippen LogP contribution in [0.25, 0.3) is 0 Å². The fourth-order valence-corrected chi connectivity index (χ4v) is 4.94. The SMILES string of the molecule is COc1ccc(C(=O)OCC(=O)NC(C)c2cccs2)cc1S(=O)(=O)Nc1ccc(C)cc1. The number of nitrogens with one attached hydrogen (secondary N) is 2. The minimum Gasteiger partial charge on any atom is -0.495 e. The van der Waals surface area contributed by atoms with Crippen molar-refractivity contribution >= 4 is 38.9 Å². The first-order valence-corrected chi connectivity index (χ1v) is 12.3. The zero-order chi connectivity index (χ0) is 24.0. The van der Waals surface area contributed by atoms with Crippen LogP contribution in [0.3, 0.4) is 0 Å². The maximum atomic E-state index is 12.9. The van der Waals surface area contributed by atoms with Crippen molar-refractivity contribution in [2.24, 2.45) is 0 Å². The molecule has 174 valence electrons. The summed E-state index contributed by atoms with van der Waals surface area (Å²) in [6.45, 7) is 3.22. The van der Waals surface area contributed by atoms with Crippen LogP contribution in [0, 0.1) is 6.92 Å². The third kappa shape index (κ3) is 6.33. The number of hydrogen-bond donors (Lipinski definition) is 2. The molecule has 2 aromatic carbocycles. The number of anilines is 1. The fourth-order valence-electron chi connectivity index (χ4n) is 2.95. The van der Waals surface area contributed by atoms with E-state index < -0.39 is 28.5 Å². The van der Waals surface area contributed by atoms with Crippen molar-refractivity contribution < 1.29 is 27.5 Å². The van der Waals surface area contributed by atoms with Crippen LogP contribution in [-0.4, -0.2) is 34.0 Å². The van der Waals surface area contributed by atoms with E-state index in [1.54, 1.807) is 24.3 Å². The predicted octanol–water partition coefficient (Wildman–Crippen LogP) is 3.90. The highest BCUT2D eigenvalue weighted by Crippen LogP contribution is 2.27. The maximum absolute atomic E-state index is 12.9. The Labute approximate surface area is 196 Å². The van der Waals surface area contributed by atoms with Gasteiger partial charge in [-0.1, -0.05) is 23.8 Å². The number of methoxy groups -OCH3 is 1. The lowest BCUT2D eigenvalue weighted by molar-refractivity contribution is -0.124. The minimum absolute atomic E-state index is 0.0285. The number of thiophene rings is 1. The number of carbonyl (C=O) groups is 2. The molecule has 0 saturated heterocycles. The molecule has 33 heavy (non-hydrogen) atoms. The highest BCUT2D eigenvalue weighted by molar-refractivity contribution is 7.92. The molecule has 1 heterocycles. The van der Waals surface area contributed by atoms with Gasteiger partial charge in [-0.25, -0.2) is 13.2 Å². The molecule has 8 nitrogen and oxygen atoms in total. The molecule has 1 amide bonds. The summed E-state index contributed by atoms with van der Waals surface area (Å²) in [5.74, 6) is -1.23. The normalized spacial score (nSPS) is 12.0. The molecule has 0 radical (unpaired) electrons. The summed E-state index contributed by atoms with van der Waals surface area (Å²) in [6, 6.07) is 14.3. The number of amides is 1. The van der Waals surface area contributed by atoms with Gasteiger partial charge in [0.1, 0.15) is 10.6 Å². The molecule has 0 aliphatic carbocycles. The molecule has 2 N–H and O–H groups in total. The standard InChI is InChI=1S/C23H24N2O6S2/c1-15-6-9-18(10-7-15)25-33(28,29)21-13-17(8-11-19(21)30-3)23(27)31-14-22(26)24-16(2)20-5-4-12-32-20/h4-13,16,25H,14H2,1-3H3,(H,24,26). The van der Waals surface area contributed by atoms with Gasteiger partial charge in [-0.2, -0.15) is 0 Å². The van der Waals surface area contributed by atoms with Gasteiger partial charge in [0, 0.05) is 10.6 Å². The monoisotopic (exact) mass is 488 g/mol. The van der Waals surface area contributed by atoms with Gasteiger partial charge in [-0.3, -0.25) is 9.52 Å². The number of esters is 1. The molecule has 1 atom stereocenters. The van der Waals surface area contributed by atoms with Crippen LogP contribution in [0.5, 0.6) is 5.75 Å². The highest BCUT2D eigenvalue weighted by Gasteiger charge is 2.23. The van der Waals surface area contributed by atoms with Crippen LogP contribution in [0.2, 0.25) is 0 Å². The Kier molecular flexibility index (Phi) is 7.72. The second kappa shape index (κ2) is 10.5. The Balaban J connectivity index is 1.70. The van der Waals surface area contributed by atoms with E-state index in [-0.39, 0.29) is 22.3 Å². The van der Waals surface area contributed by atoms with E-state index in [1.165, 1.54) is 30.6 Å². The van der Waals surface area contributed by atoms with Gasteiger partial charge in [-0.15, -0.1) is 11.3 Å². The number of rotatable bonds is 9. The third-order valence-corrected chi connectivity index (χ3v) is 7.13. The van der Waals surface area contributed by atoms with E-state index in [2.05, 4.69) is 10.0 Å². The molecular weight excluding hydrogens is 464 g/mol. The van der Waals surface area contributed by atoms with Crippen molar-refractivity contribution in [1.29, 1.82) is 0 Å². The molecule has 0 saturated carbocycles. The first-order valence-electron chi connectivity index (χ1n) is 9.97. The zero-order valence-corrected chi connectivity index (χ0v) is 20.0. The second-order valence-electron chi connectivity index (χ2n) is 7.22. The van der Waals surface area contributed by atoms with Crippen LogP contribution < -0.4 is 14.8 Å². The molecular formula is C23H24N2O6S2. The smallest absolute Gasteiger partial charge is 0.338 e. The Hall–Kier alpha value is -3.37. The maximum Gasteiger partial charge on any atom is 0.338 e. The Morgan fingerprint density at radius 1 is 1.09 bits per heavy atom. The number of hydrogen-bond acceptors (Lipinski definition) is 7. The average Bonchev–Trinajstić information content (AvgIpc) is 3.33. The summed E-state index contributed by atoms with van der Waals surface area (Å²) in [7, 11) is -2.73. The van der Waals surface area contributed by atoms with Gasteiger partial charge in [0.2, 0.25) is 0 Å². The van der Waals surface area contributed by atoms with Crippen molar-refractivity contribution in [1.82, 2.24) is 5.32 Å². The van der Waals surface area contributed by atoms with Crippen molar-refractivity contribution in [3.8, 4) is 5.75 Å². The number of ether oxygens (including phenoxy) is 2. The molecule has 1 unspecified atom stereocenters. The van der Waals surface area contributed by atoms with E-state index in [1.807, 2.05) is 31.4 Å². The summed E-state index contributed by atoms with van der Waals surface area (Å²) >= 11 is 1.51. The van der Waals surface area contributed by atoms with Crippen LogP contribution in [0.1, 0.15) is 33.8 Å². The third-order valence-electron chi connectivity index (χ3n) is 4.67. The topological polar surface area (TPSA) is 111 Å². The fraction of sp³-hybridized carbons (Fsp3) is 0.217. The van der Waals surface area contributed by atoms with Gasteiger partial charge in [0.25, 0.3) is 15.9 Å². The molecule has 1 aromatic heterocycles. The predicted molar refractivity (Wildman–Crippen MR) is 126 cm³/mol. The van der Waals surface area contributed by atoms with Gasteiger partial charge >= 0.3 is 5.97 Å². The molecule has 0 aliphatic heterocycles. The van der Waals surface area contributed by atoms with Crippen LogP contribution in [0.15, 0.2) is 64.9 Å². The number of sulfonamides is 1. The molecule has 0 fully saturated rings. The summed E-state index contributed by atoms with van der Waals surface area (Å²) in [6.07, 6.45) is 0. The molecule has 0 spiro atoms. The van der Waals surface area contributed by atoms with Crippen LogP contribution >= 0.6 is 11.3 Å². The van der Waals surface area contributed by atoms with Crippen molar-refractivity contribution in [2.45, 2.75) is 24.8 Å². The van der Waals surface area contributed by atoms with Crippen LogP contribution in [-0.2, 0) is 19.6 Å². The van der Waals surface area contributed by atoms with Crippen molar-refractivity contribution in [3.05, 3.63) is 76.0 Å². The first-order chi connectivity index (χ1) is 15.7. The summed E-state index contributed by atoms with van der Waals surface area (Å²) < 4.78 is 38.6. The minimum atomic E-state index is -4.06. The largest absolute Gasteiger partial charge is 0.495 e. The lowest BCUT2D eigenvalue weighted by atomic mass is 10.2. The molecule has 0 aliphatic rings. The van der Waals surface area contributed by atoms with E-state index in [9.17, 15) is 18.0 Å². The lowest BCUT2D eigenvalue weighted by Crippen LogP contribution is -2.30. The lowest BCUT2D eigenvalue weighted by Gasteiger charge is -2.14. The van der Waals surface area contributed by atoms with Gasteiger partial charge in [0.05, 0.1) is 18.7 Å². The molecule has 10 heteroatoms. The second-order valence-corrected chi connectivity index (χ2v) is 9.85. The summed E-state index contributed by atoms with van der Waals surface area (Å²) in [5.41, 5.74) is 1.32. The molecule has 0 bridgehead atoms. The quantitative estimate of drug-likeness (QED) is 0.442. The Bertz CT molecular complexity index is 1220. The summed E-state index contributed by atoms with van der Waals surface area (Å²) in [4.78, 5) is 25.4. The van der Waals surface area contributed by atoms with Crippen molar-refractivity contribution in [3.63, 3.8) is 0 Å². The number of carbonyl (C=O) groups excluding carboxylic acids is 2. The van der Waals surface area contributed by atoms with Gasteiger partial charge in [0.15, 0.2) is 6.61 Å². The van der Waals surface area contributed by atoms with Crippen molar-refractivity contribution in [2.75, 3.05) is 18.4 Å².